The number of carbonyl (C=O) groups is 1. The van der Waals surface area contributed by atoms with Gasteiger partial charge in [0.05, 0.1) is 15.4 Å². The minimum absolute atomic E-state index is 0.0378. The van der Waals surface area contributed by atoms with Gasteiger partial charge in [0.25, 0.3) is 5.91 Å². The molecule has 2 aromatic rings. The van der Waals surface area contributed by atoms with Crippen molar-refractivity contribution in [3.8, 4) is 0 Å². The van der Waals surface area contributed by atoms with Gasteiger partial charge in [0, 0.05) is 42.4 Å². The van der Waals surface area contributed by atoms with Crippen LogP contribution in [-0.4, -0.2) is 36.1 Å². The van der Waals surface area contributed by atoms with E-state index in [1.807, 2.05) is 0 Å². The lowest BCUT2D eigenvalue weighted by molar-refractivity contribution is -0.160. The molecule has 3 aliphatic rings. The molecule has 0 radical (unpaired) electrons. The minimum Gasteiger partial charge on any atom is -0.320 e. The van der Waals surface area contributed by atoms with Crippen LogP contribution in [0.3, 0.4) is 0 Å². The van der Waals surface area contributed by atoms with Crippen molar-refractivity contribution < 1.29 is 31.0 Å². The van der Waals surface area contributed by atoms with Crippen molar-refractivity contribution >= 4 is 21.3 Å². The molecule has 0 saturated heterocycles. The van der Waals surface area contributed by atoms with Gasteiger partial charge in [0.1, 0.15) is 16.3 Å². The highest BCUT2D eigenvalue weighted by Gasteiger charge is 2.55. The fraction of sp³-hybridized carbons (Fsp3) is 0.591. The Morgan fingerprint density at radius 2 is 1.91 bits per heavy atom. The van der Waals surface area contributed by atoms with E-state index in [9.17, 15) is 31.0 Å². The van der Waals surface area contributed by atoms with Crippen molar-refractivity contribution in [2.24, 2.45) is 5.41 Å². The van der Waals surface area contributed by atoms with Crippen LogP contribution in [0.5, 0.6) is 0 Å². The van der Waals surface area contributed by atoms with Gasteiger partial charge in [-0.25, -0.2) is 22.8 Å². The van der Waals surface area contributed by atoms with E-state index in [1.54, 1.807) is 0 Å². The summed E-state index contributed by atoms with van der Waals surface area (Å²) in [5.41, 5.74) is -3.09. The normalized spacial score (nSPS) is 22.8. The first-order chi connectivity index (χ1) is 16.2. The molecule has 0 bridgehead atoms. The molecule has 3 saturated carbocycles. The predicted octanol–water partition coefficient (Wildman–Crippen LogP) is 5.43. The van der Waals surface area contributed by atoms with Gasteiger partial charge >= 0.3 is 6.18 Å². The molecule has 1 atom stereocenters. The average molecular weight is 518 g/mol. The number of hydrogen-bond donors (Lipinski definition) is 2. The van der Waals surface area contributed by atoms with Crippen molar-refractivity contribution in [3.05, 3.63) is 35.3 Å². The van der Waals surface area contributed by atoms with E-state index in [4.69, 9.17) is 4.78 Å². The molecule has 7 nitrogen and oxygen atoms in total. The van der Waals surface area contributed by atoms with Crippen LogP contribution in [-0.2, 0) is 22.5 Å². The molecule has 190 valence electrons. The monoisotopic (exact) mass is 517 g/mol. The quantitative estimate of drug-likeness (QED) is 0.478. The second kappa shape index (κ2) is 7.71. The van der Waals surface area contributed by atoms with Crippen LogP contribution in [0.1, 0.15) is 73.1 Å². The van der Waals surface area contributed by atoms with Crippen molar-refractivity contribution in [1.82, 2.24) is 14.8 Å². The number of pyridine rings is 1. The lowest BCUT2D eigenvalue weighted by atomic mass is 9.67. The molecule has 0 aromatic carbocycles. The van der Waals surface area contributed by atoms with Crippen LogP contribution in [0.15, 0.2) is 23.4 Å². The third kappa shape index (κ3) is 4.66. The Kier molecular flexibility index (Phi) is 5.32. The van der Waals surface area contributed by atoms with E-state index in [1.165, 1.54) is 25.3 Å². The fourth-order valence-corrected chi connectivity index (χ4v) is 6.49. The van der Waals surface area contributed by atoms with Gasteiger partial charge in [-0.05, 0) is 43.2 Å². The summed E-state index contributed by atoms with van der Waals surface area (Å²) in [5.74, 6) is -4.44. The van der Waals surface area contributed by atoms with Crippen LogP contribution >= 0.6 is 0 Å². The molecule has 13 heteroatoms. The highest BCUT2D eigenvalue weighted by molar-refractivity contribution is 7.93. The van der Waals surface area contributed by atoms with E-state index in [-0.39, 0.29) is 28.2 Å². The number of halogens is 5. The molecular formula is C22H24F5N5O2S. The first kappa shape index (κ1) is 24.1. The number of nitrogens with zero attached hydrogens (tertiary/aromatic N) is 3. The van der Waals surface area contributed by atoms with E-state index >= 15 is 0 Å². The Hall–Kier alpha value is -2.57. The molecule has 0 spiro atoms. The smallest absolute Gasteiger partial charge is 0.320 e. The zero-order chi connectivity index (χ0) is 25.4. The summed E-state index contributed by atoms with van der Waals surface area (Å²) in [6, 6.07) is 2.56. The van der Waals surface area contributed by atoms with Gasteiger partial charge < -0.3 is 5.32 Å². The molecule has 5 rings (SSSR count). The fourth-order valence-electron chi connectivity index (χ4n) is 4.83. The zero-order valence-corrected chi connectivity index (χ0v) is 19.6. The Morgan fingerprint density at radius 1 is 1.26 bits per heavy atom. The predicted molar refractivity (Wildman–Crippen MR) is 116 cm³/mol. The molecular weight excluding hydrogens is 493 g/mol. The Labute approximate surface area is 198 Å². The van der Waals surface area contributed by atoms with E-state index in [0.29, 0.717) is 25.7 Å². The van der Waals surface area contributed by atoms with Crippen molar-refractivity contribution in [2.75, 3.05) is 5.32 Å². The number of amides is 1. The van der Waals surface area contributed by atoms with Crippen LogP contribution in [0, 0.1) is 10.2 Å². The van der Waals surface area contributed by atoms with E-state index < -0.39 is 63.2 Å². The van der Waals surface area contributed by atoms with Gasteiger partial charge in [-0.3, -0.25) is 9.48 Å². The van der Waals surface area contributed by atoms with Crippen LogP contribution in [0.4, 0.5) is 27.6 Å². The van der Waals surface area contributed by atoms with Gasteiger partial charge in [0.15, 0.2) is 0 Å². The summed E-state index contributed by atoms with van der Waals surface area (Å²) < 4.78 is 91.3. The van der Waals surface area contributed by atoms with Crippen LogP contribution in [0.2, 0.25) is 0 Å². The molecule has 1 amide bonds. The summed E-state index contributed by atoms with van der Waals surface area (Å²) in [6.45, 7) is 1.28. The maximum atomic E-state index is 14.2. The summed E-state index contributed by atoms with van der Waals surface area (Å²) in [6.07, 6.45) is -2.41. The lowest BCUT2D eigenvalue weighted by Gasteiger charge is -2.44. The molecule has 1 unspecified atom stereocenters. The van der Waals surface area contributed by atoms with Crippen LogP contribution in [0.25, 0.3) is 0 Å². The summed E-state index contributed by atoms with van der Waals surface area (Å²) >= 11 is 0. The second-order valence-electron chi connectivity index (χ2n) is 10.2. The average Bonchev–Trinajstić information content (AvgIpc) is 3.62. The second-order valence-corrected chi connectivity index (χ2v) is 12.5. The van der Waals surface area contributed by atoms with Crippen molar-refractivity contribution in [1.29, 1.82) is 4.78 Å². The molecule has 3 aliphatic carbocycles. The standard InChI is InChI=1S/C22H24F5N5O2S/c1-20(9-21(23,24)10-20)11-32-18(16(22(25,26)27)17(31-32)12-2-3-12)19(33)30-13-6-7-29-15(8-13)35(28,34)14-4-5-14/h6-8,12,14,28H,2-5,9-11H2,1H3,(H,29,30,33). The molecule has 2 N–H and O–H groups in total. The maximum absolute atomic E-state index is 14.2. The topological polar surface area (TPSA) is 101 Å². The Balaban J connectivity index is 1.51. The third-order valence-electron chi connectivity index (χ3n) is 6.64. The molecule has 0 aliphatic heterocycles. The van der Waals surface area contributed by atoms with Crippen molar-refractivity contribution in [3.63, 3.8) is 0 Å². The number of anilines is 1. The van der Waals surface area contributed by atoms with Crippen LogP contribution < -0.4 is 5.32 Å². The van der Waals surface area contributed by atoms with Crippen molar-refractivity contribution in [2.45, 2.75) is 80.3 Å². The lowest BCUT2D eigenvalue weighted by Crippen LogP contribution is -2.47. The summed E-state index contributed by atoms with van der Waals surface area (Å²) in [4.78, 5) is 17.2. The number of hydrogen-bond acceptors (Lipinski definition) is 5. The molecule has 2 heterocycles. The van der Waals surface area contributed by atoms with Gasteiger partial charge in [-0.2, -0.15) is 18.3 Å². The zero-order valence-electron chi connectivity index (χ0n) is 18.8. The highest BCUT2D eigenvalue weighted by Crippen LogP contribution is 2.53. The summed E-state index contributed by atoms with van der Waals surface area (Å²) in [7, 11) is -3.19. The molecule has 35 heavy (non-hydrogen) atoms. The number of rotatable bonds is 7. The number of carbonyl (C=O) groups excluding carboxylic acids is 1. The minimum atomic E-state index is -4.88. The van der Waals surface area contributed by atoms with E-state index in [0.717, 1.165) is 4.68 Å². The number of nitrogens with one attached hydrogen (secondary N) is 2. The van der Waals surface area contributed by atoms with Gasteiger partial charge in [-0.15, -0.1) is 0 Å². The molecule has 3 fully saturated rings. The Bertz CT molecular complexity index is 1290. The Morgan fingerprint density at radius 3 is 2.46 bits per heavy atom. The first-order valence-electron chi connectivity index (χ1n) is 11.3. The van der Waals surface area contributed by atoms with E-state index in [2.05, 4.69) is 15.4 Å². The maximum Gasteiger partial charge on any atom is 0.420 e. The number of aromatic nitrogens is 3. The molecule has 2 aromatic heterocycles. The SMILES string of the molecule is CC1(Cn2nc(C3CC3)c(C(F)(F)F)c2C(=O)Nc2ccnc(S(=N)(=O)C3CC3)c2)CC(F)(F)C1. The number of alkyl halides is 5. The largest absolute Gasteiger partial charge is 0.420 e. The first-order valence-corrected chi connectivity index (χ1v) is 12.9. The highest BCUT2D eigenvalue weighted by atomic mass is 32.2. The van der Waals surface area contributed by atoms with Gasteiger partial charge in [0.2, 0.25) is 5.92 Å². The summed E-state index contributed by atoms with van der Waals surface area (Å²) in [5, 5.41) is 6.12. The van der Waals surface area contributed by atoms with Gasteiger partial charge in [-0.1, -0.05) is 6.92 Å². The third-order valence-corrected chi connectivity index (χ3v) is 8.90.